The molecule has 0 radical (unpaired) electrons. The van der Waals surface area contributed by atoms with Crippen molar-refractivity contribution in [3.8, 4) is 0 Å². The summed E-state index contributed by atoms with van der Waals surface area (Å²) in [6.07, 6.45) is 1.89. The molecule has 1 unspecified atom stereocenters. The van der Waals surface area contributed by atoms with Crippen molar-refractivity contribution in [3.63, 3.8) is 0 Å². The topological polar surface area (TPSA) is 50.4 Å². The van der Waals surface area contributed by atoms with Gasteiger partial charge in [0.2, 0.25) is 0 Å². The zero-order valence-corrected chi connectivity index (χ0v) is 10.5. The highest BCUT2D eigenvalue weighted by Gasteiger charge is 2.15. The summed E-state index contributed by atoms with van der Waals surface area (Å²) in [5.41, 5.74) is 4.94. The number of rotatable bonds is 5. The van der Waals surface area contributed by atoms with Crippen molar-refractivity contribution in [2.24, 2.45) is 5.92 Å². The summed E-state index contributed by atoms with van der Waals surface area (Å²) in [4.78, 5) is 11.2. The lowest BCUT2D eigenvalue weighted by Crippen LogP contribution is -2.42. The Morgan fingerprint density at radius 2 is 2.00 bits per heavy atom. The molecular weight excluding hydrogens is 192 g/mol. The smallest absolute Gasteiger partial charge is 0.422 e. The Morgan fingerprint density at radius 1 is 1.40 bits per heavy atom. The highest BCUT2D eigenvalue weighted by molar-refractivity contribution is 5.66. The van der Waals surface area contributed by atoms with Gasteiger partial charge >= 0.3 is 6.09 Å². The summed E-state index contributed by atoms with van der Waals surface area (Å²) in [7, 11) is 0. The van der Waals surface area contributed by atoms with Crippen molar-refractivity contribution >= 4 is 6.09 Å². The number of hydrogen-bond donors (Lipinski definition) is 2. The standard InChI is InChI=1S/C11H24N2O2/c1-6-7-9(2)8-12-13-10(14)15-11(3,4)5/h9,12H,6-8H2,1-5H3,(H,13,14). The zero-order valence-electron chi connectivity index (χ0n) is 10.5. The molecule has 0 saturated heterocycles. The van der Waals surface area contributed by atoms with E-state index in [0.717, 1.165) is 19.4 Å². The monoisotopic (exact) mass is 216 g/mol. The number of ether oxygens (including phenoxy) is 1. The third-order valence-electron chi connectivity index (χ3n) is 1.82. The van der Waals surface area contributed by atoms with Gasteiger partial charge in [0, 0.05) is 6.54 Å². The van der Waals surface area contributed by atoms with Crippen LogP contribution in [0.1, 0.15) is 47.5 Å². The van der Waals surface area contributed by atoms with Crippen molar-refractivity contribution in [2.45, 2.75) is 53.1 Å². The van der Waals surface area contributed by atoms with Gasteiger partial charge in [0.1, 0.15) is 5.60 Å². The van der Waals surface area contributed by atoms with Crippen molar-refractivity contribution in [1.29, 1.82) is 0 Å². The first kappa shape index (κ1) is 14.2. The molecule has 2 N–H and O–H groups in total. The molecule has 15 heavy (non-hydrogen) atoms. The van der Waals surface area contributed by atoms with Crippen LogP contribution in [0.15, 0.2) is 0 Å². The quantitative estimate of drug-likeness (QED) is 0.694. The Hall–Kier alpha value is -0.770. The van der Waals surface area contributed by atoms with Crippen LogP contribution in [0.25, 0.3) is 0 Å². The molecule has 0 rings (SSSR count). The molecule has 0 aliphatic heterocycles. The Labute approximate surface area is 92.7 Å². The Balaban J connectivity index is 3.55. The molecule has 0 bridgehead atoms. The Bertz CT molecular complexity index is 188. The number of hydrazine groups is 1. The van der Waals surface area contributed by atoms with Gasteiger partial charge in [-0.05, 0) is 33.1 Å². The van der Waals surface area contributed by atoms with Crippen molar-refractivity contribution in [1.82, 2.24) is 10.9 Å². The maximum Gasteiger partial charge on any atom is 0.422 e. The van der Waals surface area contributed by atoms with E-state index in [2.05, 4.69) is 24.7 Å². The average Bonchev–Trinajstić information content (AvgIpc) is 2.00. The first-order valence-corrected chi connectivity index (χ1v) is 5.57. The van der Waals surface area contributed by atoms with Crippen LogP contribution in [0.4, 0.5) is 4.79 Å². The summed E-state index contributed by atoms with van der Waals surface area (Å²) >= 11 is 0. The molecule has 0 aromatic heterocycles. The summed E-state index contributed by atoms with van der Waals surface area (Å²) in [6, 6.07) is 0. The Kier molecular flexibility index (Phi) is 6.32. The SMILES string of the molecule is CCCC(C)CNNC(=O)OC(C)(C)C. The van der Waals surface area contributed by atoms with E-state index in [1.165, 1.54) is 0 Å². The van der Waals surface area contributed by atoms with Crippen LogP contribution < -0.4 is 10.9 Å². The molecule has 0 aliphatic carbocycles. The highest BCUT2D eigenvalue weighted by atomic mass is 16.6. The fourth-order valence-corrected chi connectivity index (χ4v) is 1.20. The fraction of sp³-hybridized carbons (Fsp3) is 0.909. The normalized spacial score (nSPS) is 13.4. The molecule has 4 nitrogen and oxygen atoms in total. The highest BCUT2D eigenvalue weighted by Crippen LogP contribution is 2.06. The van der Waals surface area contributed by atoms with Gasteiger partial charge in [0.15, 0.2) is 0 Å². The summed E-state index contributed by atoms with van der Waals surface area (Å²) in [6.45, 7) is 10.6. The minimum atomic E-state index is -0.444. The minimum Gasteiger partial charge on any atom is -0.443 e. The van der Waals surface area contributed by atoms with Crippen LogP contribution in [0.2, 0.25) is 0 Å². The summed E-state index contributed by atoms with van der Waals surface area (Å²) in [5.74, 6) is 0.560. The fourth-order valence-electron chi connectivity index (χ4n) is 1.20. The summed E-state index contributed by atoms with van der Waals surface area (Å²) < 4.78 is 5.07. The lowest BCUT2D eigenvalue weighted by atomic mass is 10.1. The first-order chi connectivity index (χ1) is 6.85. The van der Waals surface area contributed by atoms with Crippen LogP contribution in [-0.2, 0) is 4.74 Å². The molecule has 0 fully saturated rings. The lowest BCUT2D eigenvalue weighted by molar-refractivity contribution is 0.0495. The van der Waals surface area contributed by atoms with E-state index >= 15 is 0 Å². The van der Waals surface area contributed by atoms with Gasteiger partial charge < -0.3 is 4.74 Å². The van der Waals surface area contributed by atoms with Gasteiger partial charge in [-0.2, -0.15) is 0 Å². The van der Waals surface area contributed by atoms with Gasteiger partial charge in [-0.1, -0.05) is 20.3 Å². The van der Waals surface area contributed by atoms with E-state index in [-0.39, 0.29) is 0 Å². The van der Waals surface area contributed by atoms with Crippen molar-refractivity contribution in [3.05, 3.63) is 0 Å². The van der Waals surface area contributed by atoms with Crippen LogP contribution >= 0.6 is 0 Å². The third kappa shape index (κ3) is 9.53. The molecule has 1 amide bonds. The predicted molar refractivity (Wildman–Crippen MR) is 61.4 cm³/mol. The van der Waals surface area contributed by atoms with E-state index in [0.29, 0.717) is 5.92 Å². The van der Waals surface area contributed by atoms with Crippen LogP contribution in [0.3, 0.4) is 0 Å². The molecular formula is C11H24N2O2. The van der Waals surface area contributed by atoms with Crippen LogP contribution in [0, 0.1) is 5.92 Å². The molecule has 0 aromatic carbocycles. The van der Waals surface area contributed by atoms with E-state index in [4.69, 9.17) is 4.74 Å². The number of hydrogen-bond acceptors (Lipinski definition) is 3. The second kappa shape index (κ2) is 6.67. The van der Waals surface area contributed by atoms with Gasteiger partial charge in [-0.15, -0.1) is 0 Å². The van der Waals surface area contributed by atoms with Crippen molar-refractivity contribution < 1.29 is 9.53 Å². The van der Waals surface area contributed by atoms with E-state index in [1.807, 2.05) is 20.8 Å². The molecule has 90 valence electrons. The Morgan fingerprint density at radius 3 is 2.47 bits per heavy atom. The molecule has 0 heterocycles. The molecule has 1 atom stereocenters. The number of nitrogens with one attached hydrogen (secondary N) is 2. The lowest BCUT2D eigenvalue weighted by Gasteiger charge is -2.20. The van der Waals surface area contributed by atoms with Crippen LogP contribution in [-0.4, -0.2) is 18.2 Å². The largest absolute Gasteiger partial charge is 0.443 e. The second-order valence-electron chi connectivity index (χ2n) is 4.90. The molecule has 0 aromatic rings. The molecule has 4 heteroatoms. The van der Waals surface area contributed by atoms with E-state index < -0.39 is 11.7 Å². The van der Waals surface area contributed by atoms with Gasteiger partial charge in [0.05, 0.1) is 0 Å². The van der Waals surface area contributed by atoms with E-state index in [9.17, 15) is 4.79 Å². The second-order valence-corrected chi connectivity index (χ2v) is 4.90. The maximum atomic E-state index is 11.2. The van der Waals surface area contributed by atoms with Gasteiger partial charge in [-0.25, -0.2) is 10.2 Å². The van der Waals surface area contributed by atoms with E-state index in [1.54, 1.807) is 0 Å². The number of carbonyl (C=O) groups is 1. The number of carbonyl (C=O) groups excluding carboxylic acids is 1. The minimum absolute atomic E-state index is 0.425. The summed E-state index contributed by atoms with van der Waals surface area (Å²) in [5, 5.41) is 0. The third-order valence-corrected chi connectivity index (χ3v) is 1.82. The first-order valence-electron chi connectivity index (χ1n) is 5.57. The van der Waals surface area contributed by atoms with Crippen LogP contribution in [0.5, 0.6) is 0 Å². The van der Waals surface area contributed by atoms with Gasteiger partial charge in [-0.3, -0.25) is 5.43 Å². The molecule has 0 aliphatic rings. The number of amides is 1. The maximum absolute atomic E-state index is 11.2. The predicted octanol–water partition coefficient (Wildman–Crippen LogP) is 2.45. The van der Waals surface area contributed by atoms with Gasteiger partial charge in [0.25, 0.3) is 0 Å². The average molecular weight is 216 g/mol. The zero-order chi connectivity index (χ0) is 11.9. The molecule has 0 spiro atoms. The van der Waals surface area contributed by atoms with Crippen molar-refractivity contribution in [2.75, 3.05) is 6.54 Å². The molecule has 0 saturated carbocycles.